The molecule has 1 saturated heterocycles. The molecule has 0 amide bonds. The zero-order valence-corrected chi connectivity index (χ0v) is 19.2. The lowest BCUT2D eigenvalue weighted by Crippen LogP contribution is -2.47. The zero-order valence-electron chi connectivity index (χ0n) is 20.2. The van der Waals surface area contributed by atoms with E-state index in [2.05, 4.69) is 103 Å². The highest BCUT2D eigenvalue weighted by Crippen LogP contribution is 2.56. The molecule has 3 unspecified atom stereocenters. The number of nitrogens with zero attached hydrogens (tertiary/aromatic N) is 2. The predicted octanol–water partition coefficient (Wildman–Crippen LogP) is 7.26. The molecule has 0 spiro atoms. The maximum Gasteiger partial charge on any atom is 0.0866 e. The average molecular weight is 424 g/mol. The Morgan fingerprint density at radius 3 is 2.19 bits per heavy atom. The summed E-state index contributed by atoms with van der Waals surface area (Å²) in [6, 6.07) is 27.8. The molecule has 2 heteroatoms. The molecule has 0 N–H and O–H groups in total. The van der Waals surface area contributed by atoms with Crippen LogP contribution in [-0.4, -0.2) is 17.1 Å². The van der Waals surface area contributed by atoms with Crippen LogP contribution in [0.2, 0.25) is 0 Å². The Labute approximate surface area is 194 Å². The summed E-state index contributed by atoms with van der Waals surface area (Å²) in [6.07, 6.45) is 6.68. The van der Waals surface area contributed by atoms with Gasteiger partial charge in [0.05, 0.1) is 19.6 Å². The third-order valence-electron chi connectivity index (χ3n) is 8.07. The maximum absolute atomic E-state index is 10.2. The molecule has 4 atom stereocenters. The molecule has 3 aromatic carbocycles. The molecule has 2 aliphatic heterocycles. The summed E-state index contributed by atoms with van der Waals surface area (Å²) in [5.74, 6) is 0.577. The standard InChI is InChI=1S/C30H34N2/c1-21-13-9-12-20-27(21)31-22(2)28-25-18-10-11-19-26(25)29(23-14-5-3-6-15-23)32(28)30(31)24-16-7-4-8-17-24/h3,5-6,9-15,18-20,22,24,28-30H,4,7-8,16-17H2,1-2H3/t22-,28?,29?,30?/m0/s1/i29D. The van der Waals surface area contributed by atoms with Crippen LogP contribution in [0.4, 0.5) is 5.69 Å². The Morgan fingerprint density at radius 2 is 1.44 bits per heavy atom. The van der Waals surface area contributed by atoms with E-state index >= 15 is 0 Å². The lowest BCUT2D eigenvalue weighted by molar-refractivity contribution is 0.110. The fourth-order valence-corrected chi connectivity index (χ4v) is 6.72. The summed E-state index contributed by atoms with van der Waals surface area (Å²) >= 11 is 0. The van der Waals surface area contributed by atoms with Crippen LogP contribution >= 0.6 is 0 Å². The summed E-state index contributed by atoms with van der Waals surface area (Å²) in [6.45, 7) is 4.63. The fraction of sp³-hybridized carbons (Fsp3) is 0.400. The number of rotatable bonds is 3. The number of hydrogen-bond donors (Lipinski definition) is 0. The van der Waals surface area contributed by atoms with E-state index < -0.39 is 6.02 Å². The van der Waals surface area contributed by atoms with E-state index in [1.165, 1.54) is 54.5 Å². The van der Waals surface area contributed by atoms with E-state index in [9.17, 15) is 1.37 Å². The third-order valence-corrected chi connectivity index (χ3v) is 8.07. The molecule has 2 nitrogen and oxygen atoms in total. The second-order valence-electron chi connectivity index (χ2n) is 9.90. The highest BCUT2D eigenvalue weighted by molar-refractivity contribution is 5.59. The van der Waals surface area contributed by atoms with Crippen molar-refractivity contribution in [2.24, 2.45) is 5.92 Å². The highest BCUT2D eigenvalue weighted by Gasteiger charge is 2.55. The number of anilines is 1. The van der Waals surface area contributed by atoms with Gasteiger partial charge in [0.25, 0.3) is 0 Å². The lowest BCUT2D eigenvalue weighted by atomic mass is 9.85. The third kappa shape index (κ3) is 3.03. The Kier molecular flexibility index (Phi) is 4.78. The van der Waals surface area contributed by atoms with Crippen molar-refractivity contribution in [3.8, 4) is 0 Å². The molecule has 0 aromatic heterocycles. The maximum atomic E-state index is 10.2. The molecule has 0 bridgehead atoms. The first-order valence-corrected chi connectivity index (χ1v) is 12.4. The largest absolute Gasteiger partial charge is 0.351 e. The quantitative estimate of drug-likeness (QED) is 0.437. The Balaban J connectivity index is 1.59. The summed E-state index contributed by atoms with van der Waals surface area (Å²) in [4.78, 5) is 5.29. The van der Waals surface area contributed by atoms with Crippen LogP contribution in [0.1, 0.15) is 74.7 Å². The van der Waals surface area contributed by atoms with Crippen LogP contribution in [0.3, 0.4) is 0 Å². The van der Waals surface area contributed by atoms with Gasteiger partial charge in [0, 0.05) is 11.7 Å². The normalized spacial score (nSPS) is 30.8. The number of hydrogen-bond acceptors (Lipinski definition) is 2. The Hall–Kier alpha value is -2.58. The first-order valence-electron chi connectivity index (χ1n) is 12.9. The van der Waals surface area contributed by atoms with Gasteiger partial charge in [-0.2, -0.15) is 0 Å². The molecule has 2 fully saturated rings. The second kappa shape index (κ2) is 8.08. The molecule has 1 saturated carbocycles. The van der Waals surface area contributed by atoms with Crippen LogP contribution in [0.25, 0.3) is 0 Å². The topological polar surface area (TPSA) is 6.48 Å². The SMILES string of the molecule is [2H]C1(c2ccccc2)c2ccccc2C2[C@H](C)N(c3ccccc3C)C(C3CCCCC3)N21. The molecular weight excluding hydrogens is 388 g/mol. The second-order valence-corrected chi connectivity index (χ2v) is 9.90. The molecule has 3 aromatic rings. The van der Waals surface area contributed by atoms with Crippen LogP contribution in [0.15, 0.2) is 78.9 Å². The lowest BCUT2D eigenvalue weighted by Gasteiger charge is -2.42. The van der Waals surface area contributed by atoms with Crippen LogP contribution in [-0.2, 0) is 0 Å². The van der Waals surface area contributed by atoms with Gasteiger partial charge in [0.2, 0.25) is 0 Å². The van der Waals surface area contributed by atoms with E-state index in [0.717, 1.165) is 5.56 Å². The first kappa shape index (κ1) is 18.9. The molecular formula is C30H34N2. The van der Waals surface area contributed by atoms with Gasteiger partial charge < -0.3 is 4.90 Å². The molecule has 3 aliphatic rings. The van der Waals surface area contributed by atoms with E-state index in [1.807, 2.05) is 0 Å². The van der Waals surface area contributed by atoms with Crippen molar-refractivity contribution < 1.29 is 1.37 Å². The van der Waals surface area contributed by atoms with Gasteiger partial charge >= 0.3 is 0 Å². The average Bonchev–Trinajstić information content (AvgIpc) is 3.32. The van der Waals surface area contributed by atoms with E-state index in [-0.39, 0.29) is 12.2 Å². The number of aryl methyl sites for hydroxylation is 1. The van der Waals surface area contributed by atoms with Gasteiger partial charge in [-0.25, -0.2) is 0 Å². The number of para-hydroxylation sites is 1. The van der Waals surface area contributed by atoms with Crippen molar-refractivity contribution in [1.82, 2.24) is 4.90 Å². The molecule has 32 heavy (non-hydrogen) atoms. The minimum Gasteiger partial charge on any atom is -0.351 e. The highest BCUT2D eigenvalue weighted by atomic mass is 15.5. The van der Waals surface area contributed by atoms with Crippen LogP contribution in [0, 0.1) is 12.8 Å². The molecule has 6 rings (SSSR count). The summed E-state index contributed by atoms with van der Waals surface area (Å²) in [5, 5.41) is 0. The number of fused-ring (bicyclic) bond motifs is 3. The predicted molar refractivity (Wildman–Crippen MR) is 133 cm³/mol. The van der Waals surface area contributed by atoms with Gasteiger partial charge in [-0.3, -0.25) is 4.90 Å². The summed E-state index contributed by atoms with van der Waals surface area (Å²) in [5.41, 5.74) is 6.25. The summed E-state index contributed by atoms with van der Waals surface area (Å²) < 4.78 is 10.2. The van der Waals surface area contributed by atoms with Crippen molar-refractivity contribution in [3.05, 3.63) is 101 Å². The molecule has 2 heterocycles. The van der Waals surface area contributed by atoms with Crippen LogP contribution in [0.5, 0.6) is 0 Å². The number of benzene rings is 3. The molecule has 164 valence electrons. The van der Waals surface area contributed by atoms with Gasteiger partial charge in [0.15, 0.2) is 0 Å². The van der Waals surface area contributed by atoms with Crippen molar-refractivity contribution in [2.45, 2.75) is 70.2 Å². The fourth-order valence-electron chi connectivity index (χ4n) is 6.72. The van der Waals surface area contributed by atoms with Crippen LogP contribution < -0.4 is 4.90 Å². The van der Waals surface area contributed by atoms with Gasteiger partial charge in [0.1, 0.15) is 0 Å². The molecule has 0 radical (unpaired) electrons. The Morgan fingerprint density at radius 1 is 0.781 bits per heavy atom. The minimum atomic E-state index is -0.879. The van der Waals surface area contributed by atoms with E-state index in [1.54, 1.807) is 0 Å². The van der Waals surface area contributed by atoms with Crippen molar-refractivity contribution in [2.75, 3.05) is 4.90 Å². The van der Waals surface area contributed by atoms with Gasteiger partial charge in [-0.15, -0.1) is 0 Å². The molecule has 1 aliphatic carbocycles. The van der Waals surface area contributed by atoms with Crippen molar-refractivity contribution in [3.63, 3.8) is 0 Å². The first-order chi connectivity index (χ1) is 16.1. The van der Waals surface area contributed by atoms with E-state index in [0.29, 0.717) is 12.0 Å². The smallest absolute Gasteiger partial charge is 0.0866 e. The summed E-state index contributed by atoms with van der Waals surface area (Å²) in [7, 11) is 0. The van der Waals surface area contributed by atoms with Crippen molar-refractivity contribution in [1.29, 1.82) is 0 Å². The van der Waals surface area contributed by atoms with Crippen molar-refractivity contribution >= 4 is 5.69 Å². The minimum absolute atomic E-state index is 0.213. The Bertz CT molecular complexity index is 1140. The van der Waals surface area contributed by atoms with Gasteiger partial charge in [-0.1, -0.05) is 92.1 Å². The monoisotopic (exact) mass is 423 g/mol. The van der Waals surface area contributed by atoms with E-state index in [4.69, 9.17) is 0 Å². The van der Waals surface area contributed by atoms with Gasteiger partial charge in [-0.05, 0) is 60.9 Å². The zero-order chi connectivity index (χ0) is 22.6.